The zero-order valence-corrected chi connectivity index (χ0v) is 23.6. The summed E-state index contributed by atoms with van der Waals surface area (Å²) in [6.07, 6.45) is 2.69. The van der Waals surface area contributed by atoms with Crippen LogP contribution in [0.15, 0.2) is 47.4 Å². The molecule has 37 heavy (non-hydrogen) atoms. The molecule has 1 aliphatic heterocycles. The molecule has 8 nitrogen and oxygen atoms in total. The smallest absolute Gasteiger partial charge is 0.260 e. The lowest BCUT2D eigenvalue weighted by Gasteiger charge is -2.30. The zero-order chi connectivity index (χ0) is 26.6. The molecule has 1 aromatic heterocycles. The highest BCUT2D eigenvalue weighted by atomic mass is 32.2. The van der Waals surface area contributed by atoms with Crippen molar-refractivity contribution in [3.8, 4) is 5.75 Å². The highest BCUT2D eigenvalue weighted by Crippen LogP contribution is 2.33. The number of carbonyl (C=O) groups is 1. The maximum atomic E-state index is 13.7. The maximum Gasteiger partial charge on any atom is 0.260 e. The molecule has 2 aromatic carbocycles. The first-order chi connectivity index (χ1) is 17.7. The summed E-state index contributed by atoms with van der Waals surface area (Å²) in [5.74, 6) is 0.924. The summed E-state index contributed by atoms with van der Waals surface area (Å²) < 4.78 is 34.4. The van der Waals surface area contributed by atoms with Crippen LogP contribution in [0.25, 0.3) is 10.2 Å². The van der Waals surface area contributed by atoms with Gasteiger partial charge < -0.3 is 9.64 Å². The number of aromatic nitrogens is 1. The standard InChI is InChI=1S/C27H36N4O4S2/c1-5-35-22-11-14-24-25(18-22)36-27(28-24)31(17-7-15-29(3)4)26(32)21-9-12-23(13-10-21)37(33,34)30-16-6-8-20(2)19-30/h9-14,18,20H,5-8,15-17,19H2,1-4H3. The van der Waals surface area contributed by atoms with Crippen LogP contribution in [-0.2, 0) is 10.0 Å². The number of hydrogen-bond donors (Lipinski definition) is 0. The summed E-state index contributed by atoms with van der Waals surface area (Å²) >= 11 is 1.45. The third-order valence-electron chi connectivity index (χ3n) is 6.48. The van der Waals surface area contributed by atoms with Crippen LogP contribution in [0.5, 0.6) is 5.75 Å². The Morgan fingerprint density at radius 2 is 1.92 bits per heavy atom. The van der Waals surface area contributed by atoms with Crippen molar-refractivity contribution in [3.63, 3.8) is 0 Å². The van der Waals surface area contributed by atoms with Gasteiger partial charge in [-0.25, -0.2) is 13.4 Å². The number of sulfonamides is 1. The van der Waals surface area contributed by atoms with E-state index >= 15 is 0 Å². The molecule has 200 valence electrons. The first-order valence-corrected chi connectivity index (χ1v) is 15.0. The molecule has 10 heteroatoms. The number of anilines is 1. The number of carbonyl (C=O) groups excluding carboxylic acids is 1. The Balaban J connectivity index is 1.59. The molecule has 2 heterocycles. The first kappa shape index (κ1) is 27.5. The van der Waals surface area contributed by atoms with E-state index in [2.05, 4.69) is 11.8 Å². The molecule has 1 atom stereocenters. The number of thiazole rings is 1. The number of amides is 1. The summed E-state index contributed by atoms with van der Waals surface area (Å²) in [5.41, 5.74) is 1.25. The molecule has 0 saturated carbocycles. The van der Waals surface area contributed by atoms with E-state index in [4.69, 9.17) is 9.72 Å². The van der Waals surface area contributed by atoms with Crippen LogP contribution in [0, 0.1) is 5.92 Å². The molecule has 4 rings (SSSR count). The summed E-state index contributed by atoms with van der Waals surface area (Å²) in [7, 11) is 0.424. The Hall–Kier alpha value is -2.53. The predicted molar refractivity (Wildman–Crippen MR) is 149 cm³/mol. The Morgan fingerprint density at radius 3 is 2.59 bits per heavy atom. The van der Waals surface area contributed by atoms with Gasteiger partial charge in [-0.05, 0) is 95.2 Å². The van der Waals surface area contributed by atoms with Crippen LogP contribution in [0.1, 0.15) is 43.5 Å². The van der Waals surface area contributed by atoms with Gasteiger partial charge in [-0.2, -0.15) is 4.31 Å². The second-order valence-electron chi connectivity index (χ2n) is 9.81. The van der Waals surface area contributed by atoms with E-state index in [1.807, 2.05) is 39.2 Å². The van der Waals surface area contributed by atoms with Crippen LogP contribution >= 0.6 is 11.3 Å². The fourth-order valence-corrected chi connectivity index (χ4v) is 7.15. The number of ether oxygens (including phenoxy) is 1. The minimum atomic E-state index is -3.58. The average molecular weight is 545 g/mol. The molecule has 3 aromatic rings. The normalized spacial score (nSPS) is 16.8. The molecular formula is C27H36N4O4S2. The van der Waals surface area contributed by atoms with E-state index in [9.17, 15) is 13.2 Å². The van der Waals surface area contributed by atoms with E-state index in [1.165, 1.54) is 11.3 Å². The van der Waals surface area contributed by atoms with Gasteiger partial charge in [0.15, 0.2) is 5.13 Å². The van der Waals surface area contributed by atoms with Crippen molar-refractivity contribution in [2.45, 2.75) is 38.0 Å². The fraction of sp³-hybridized carbons (Fsp3) is 0.481. The lowest BCUT2D eigenvalue weighted by atomic mass is 10.0. The average Bonchev–Trinajstić information content (AvgIpc) is 3.29. The number of hydrogen-bond acceptors (Lipinski definition) is 7. The van der Waals surface area contributed by atoms with E-state index in [1.54, 1.807) is 33.5 Å². The van der Waals surface area contributed by atoms with Crippen molar-refractivity contribution in [2.24, 2.45) is 5.92 Å². The third kappa shape index (κ3) is 6.49. The van der Waals surface area contributed by atoms with Crippen LogP contribution in [0.3, 0.4) is 0 Å². The van der Waals surface area contributed by atoms with E-state index in [0.717, 1.165) is 41.8 Å². The van der Waals surface area contributed by atoms with Gasteiger partial charge in [-0.1, -0.05) is 18.3 Å². The van der Waals surface area contributed by atoms with E-state index in [-0.39, 0.29) is 10.8 Å². The molecule has 0 spiro atoms. The van der Waals surface area contributed by atoms with Gasteiger partial charge >= 0.3 is 0 Å². The molecule has 1 unspecified atom stereocenters. The lowest BCUT2D eigenvalue weighted by molar-refractivity contribution is 0.0986. The lowest BCUT2D eigenvalue weighted by Crippen LogP contribution is -2.39. The second kappa shape index (κ2) is 11.9. The minimum Gasteiger partial charge on any atom is -0.494 e. The van der Waals surface area contributed by atoms with Gasteiger partial charge in [0.05, 0.1) is 21.7 Å². The molecule has 0 N–H and O–H groups in total. The Bertz CT molecular complexity index is 1320. The van der Waals surface area contributed by atoms with Crippen molar-refractivity contribution in [1.82, 2.24) is 14.2 Å². The zero-order valence-electron chi connectivity index (χ0n) is 22.0. The predicted octanol–water partition coefficient (Wildman–Crippen LogP) is 4.71. The molecule has 0 aliphatic carbocycles. The Morgan fingerprint density at radius 1 is 1.16 bits per heavy atom. The van der Waals surface area contributed by atoms with Crippen molar-refractivity contribution >= 4 is 42.6 Å². The molecule has 1 saturated heterocycles. The maximum absolute atomic E-state index is 13.7. The number of fused-ring (bicyclic) bond motifs is 1. The van der Waals surface area contributed by atoms with Crippen molar-refractivity contribution < 1.29 is 17.9 Å². The number of rotatable bonds is 10. The summed E-state index contributed by atoms with van der Waals surface area (Å²) in [4.78, 5) is 22.4. The highest BCUT2D eigenvalue weighted by Gasteiger charge is 2.29. The molecule has 1 amide bonds. The molecular weight excluding hydrogens is 508 g/mol. The summed E-state index contributed by atoms with van der Waals surface area (Å²) in [5, 5.41) is 0.617. The second-order valence-corrected chi connectivity index (χ2v) is 12.8. The monoisotopic (exact) mass is 544 g/mol. The summed E-state index contributed by atoms with van der Waals surface area (Å²) in [6, 6.07) is 12.1. The number of piperidine rings is 1. The number of benzene rings is 2. The van der Waals surface area contributed by atoms with E-state index < -0.39 is 10.0 Å². The number of nitrogens with zero attached hydrogens (tertiary/aromatic N) is 4. The minimum absolute atomic E-state index is 0.196. The Labute approximate surface area is 223 Å². The van der Waals surface area contributed by atoms with Crippen molar-refractivity contribution in [2.75, 3.05) is 51.8 Å². The van der Waals surface area contributed by atoms with Crippen molar-refractivity contribution in [3.05, 3.63) is 48.0 Å². The largest absolute Gasteiger partial charge is 0.494 e. The third-order valence-corrected chi connectivity index (χ3v) is 9.40. The molecule has 0 bridgehead atoms. The van der Waals surface area contributed by atoms with Crippen LogP contribution in [-0.4, -0.2) is 75.4 Å². The SMILES string of the molecule is CCOc1ccc2nc(N(CCCN(C)C)C(=O)c3ccc(S(=O)(=O)N4CCCC(C)C4)cc3)sc2c1. The van der Waals surface area contributed by atoms with Gasteiger partial charge in [0.1, 0.15) is 5.75 Å². The molecule has 1 aliphatic rings. The van der Waals surface area contributed by atoms with Gasteiger partial charge in [-0.15, -0.1) is 0 Å². The Kier molecular flexibility index (Phi) is 8.84. The van der Waals surface area contributed by atoms with Crippen LogP contribution in [0.4, 0.5) is 5.13 Å². The van der Waals surface area contributed by atoms with Gasteiger partial charge in [0.25, 0.3) is 5.91 Å². The van der Waals surface area contributed by atoms with Gasteiger partial charge in [0.2, 0.25) is 10.0 Å². The quantitative estimate of drug-likeness (QED) is 0.368. The molecule has 1 fully saturated rings. The van der Waals surface area contributed by atoms with Gasteiger partial charge in [-0.3, -0.25) is 9.69 Å². The van der Waals surface area contributed by atoms with Gasteiger partial charge in [0, 0.05) is 25.2 Å². The van der Waals surface area contributed by atoms with Crippen LogP contribution < -0.4 is 9.64 Å². The van der Waals surface area contributed by atoms with Crippen LogP contribution in [0.2, 0.25) is 0 Å². The van der Waals surface area contributed by atoms with E-state index in [0.29, 0.717) is 42.9 Å². The fourth-order valence-electron chi connectivity index (χ4n) is 4.53. The summed E-state index contributed by atoms with van der Waals surface area (Å²) in [6.45, 7) is 7.00. The topological polar surface area (TPSA) is 83.0 Å². The molecule has 0 radical (unpaired) electrons. The first-order valence-electron chi connectivity index (χ1n) is 12.8. The highest BCUT2D eigenvalue weighted by molar-refractivity contribution is 7.89. The van der Waals surface area contributed by atoms with Crippen molar-refractivity contribution in [1.29, 1.82) is 0 Å².